The van der Waals surface area contributed by atoms with Gasteiger partial charge >= 0.3 is 6.36 Å². The Balaban J connectivity index is 2.20. The lowest BCUT2D eigenvalue weighted by atomic mass is 9.76. The van der Waals surface area contributed by atoms with Gasteiger partial charge in [-0.15, -0.1) is 13.2 Å². The third kappa shape index (κ3) is 4.49. The third-order valence-electron chi connectivity index (χ3n) is 3.37. The molecule has 2 rings (SSSR count). The molecule has 1 aromatic rings. The first kappa shape index (κ1) is 16.9. The quantitative estimate of drug-likeness (QED) is 0.906. The van der Waals surface area contributed by atoms with Crippen LogP contribution in [0.2, 0.25) is 0 Å². The van der Waals surface area contributed by atoms with Gasteiger partial charge in [-0.3, -0.25) is 4.79 Å². The fourth-order valence-corrected chi connectivity index (χ4v) is 2.47. The first-order valence-electron chi connectivity index (χ1n) is 6.89. The van der Waals surface area contributed by atoms with E-state index in [1.807, 2.05) is 19.9 Å². The van der Waals surface area contributed by atoms with Crippen molar-refractivity contribution in [3.8, 4) is 11.8 Å². The summed E-state index contributed by atoms with van der Waals surface area (Å²) in [6, 6.07) is 7.02. The van der Waals surface area contributed by atoms with Crippen LogP contribution in [0.15, 0.2) is 35.5 Å². The predicted octanol–water partition coefficient (Wildman–Crippen LogP) is 4.16. The zero-order valence-corrected chi connectivity index (χ0v) is 12.6. The van der Waals surface area contributed by atoms with Crippen LogP contribution in [0.25, 0.3) is 0 Å². The lowest BCUT2D eigenvalue weighted by Gasteiger charge is -2.30. The van der Waals surface area contributed by atoms with Crippen LogP contribution >= 0.6 is 0 Å². The van der Waals surface area contributed by atoms with Crippen LogP contribution in [0, 0.1) is 16.7 Å². The predicted molar refractivity (Wildman–Crippen MR) is 77.4 cm³/mol. The van der Waals surface area contributed by atoms with E-state index in [4.69, 9.17) is 5.26 Å². The summed E-state index contributed by atoms with van der Waals surface area (Å²) in [5.41, 5.74) is 0.755. The molecule has 1 aliphatic carbocycles. The summed E-state index contributed by atoms with van der Waals surface area (Å²) >= 11 is 0. The molecule has 0 spiro atoms. The van der Waals surface area contributed by atoms with E-state index in [0.717, 1.165) is 12.1 Å². The number of ketones is 1. The van der Waals surface area contributed by atoms with Gasteiger partial charge in [0.1, 0.15) is 17.4 Å². The summed E-state index contributed by atoms with van der Waals surface area (Å²) in [7, 11) is 0. The highest BCUT2D eigenvalue weighted by atomic mass is 19.4. The van der Waals surface area contributed by atoms with Crippen molar-refractivity contribution in [1.29, 1.82) is 5.26 Å². The molecule has 0 amide bonds. The number of hydrogen-bond donors (Lipinski definition) is 1. The number of halogens is 3. The van der Waals surface area contributed by atoms with Crippen LogP contribution in [0.1, 0.15) is 26.7 Å². The monoisotopic (exact) mass is 324 g/mol. The van der Waals surface area contributed by atoms with Crippen LogP contribution in [0.4, 0.5) is 18.9 Å². The largest absolute Gasteiger partial charge is 0.573 e. The summed E-state index contributed by atoms with van der Waals surface area (Å²) in [5.74, 6) is -0.569. The van der Waals surface area contributed by atoms with E-state index in [9.17, 15) is 18.0 Å². The SMILES string of the molecule is CC1(C)CC(=O)C(C#N)=C(Nc2ccc(OC(F)(F)F)cc2)C1. The summed E-state index contributed by atoms with van der Waals surface area (Å²) in [6.07, 6.45) is -3.95. The van der Waals surface area contributed by atoms with Gasteiger partial charge in [-0.25, -0.2) is 0 Å². The van der Waals surface area contributed by atoms with Crippen LogP contribution in [0.3, 0.4) is 0 Å². The number of nitrogens with one attached hydrogen (secondary N) is 1. The number of Topliss-reactive ketones (excluding diaryl/α,β-unsaturated/α-hetero) is 1. The molecular formula is C16H15F3N2O2. The fraction of sp³-hybridized carbons (Fsp3) is 0.375. The van der Waals surface area contributed by atoms with Crippen molar-refractivity contribution >= 4 is 11.5 Å². The smallest absolute Gasteiger partial charge is 0.406 e. The van der Waals surface area contributed by atoms with Gasteiger partial charge in [0.2, 0.25) is 0 Å². The molecule has 23 heavy (non-hydrogen) atoms. The van der Waals surface area contributed by atoms with Crippen LogP contribution in [-0.4, -0.2) is 12.1 Å². The summed E-state index contributed by atoms with van der Waals surface area (Å²) in [6.45, 7) is 3.84. The van der Waals surface area contributed by atoms with Crippen molar-refractivity contribution in [3.63, 3.8) is 0 Å². The summed E-state index contributed by atoms with van der Waals surface area (Å²) in [4.78, 5) is 12.0. The minimum Gasteiger partial charge on any atom is -0.406 e. The fourth-order valence-electron chi connectivity index (χ4n) is 2.47. The molecule has 1 aromatic carbocycles. The Bertz CT molecular complexity index is 683. The molecule has 0 heterocycles. The number of benzene rings is 1. The third-order valence-corrected chi connectivity index (χ3v) is 3.37. The molecule has 122 valence electrons. The Kier molecular flexibility index (Phi) is 4.37. The second kappa shape index (κ2) is 5.95. The Hall–Kier alpha value is -2.49. The molecule has 0 radical (unpaired) electrons. The van der Waals surface area contributed by atoms with Crippen molar-refractivity contribution in [3.05, 3.63) is 35.5 Å². The van der Waals surface area contributed by atoms with Crippen molar-refractivity contribution in [2.24, 2.45) is 5.41 Å². The van der Waals surface area contributed by atoms with E-state index in [-0.39, 0.29) is 22.5 Å². The van der Waals surface area contributed by atoms with Crippen molar-refractivity contribution in [1.82, 2.24) is 0 Å². The van der Waals surface area contributed by atoms with Crippen LogP contribution in [0.5, 0.6) is 5.75 Å². The molecule has 0 atom stereocenters. The van der Waals surface area contributed by atoms with E-state index < -0.39 is 6.36 Å². The minimum absolute atomic E-state index is 0.0694. The number of allylic oxidation sites excluding steroid dienone is 2. The molecule has 7 heteroatoms. The molecular weight excluding hydrogens is 309 g/mol. The van der Waals surface area contributed by atoms with Crippen molar-refractivity contribution in [2.75, 3.05) is 5.32 Å². The molecule has 0 aromatic heterocycles. The zero-order valence-electron chi connectivity index (χ0n) is 12.6. The standard InChI is InChI=1S/C16H15F3N2O2/c1-15(2)7-13(12(9-20)14(22)8-15)21-10-3-5-11(6-4-10)23-16(17,18)19/h3-6,21H,7-8H2,1-2H3. The average Bonchev–Trinajstić information content (AvgIpc) is 2.38. The highest BCUT2D eigenvalue weighted by Gasteiger charge is 2.33. The normalized spacial score (nSPS) is 17.7. The van der Waals surface area contributed by atoms with Gasteiger partial charge in [-0.2, -0.15) is 5.26 Å². The maximum atomic E-state index is 12.1. The first-order chi connectivity index (χ1) is 10.6. The van der Waals surface area contributed by atoms with Crippen LogP contribution < -0.4 is 10.1 Å². The number of nitrogens with zero attached hydrogens (tertiary/aromatic N) is 1. The molecule has 0 unspecified atom stereocenters. The lowest BCUT2D eigenvalue weighted by Crippen LogP contribution is -2.28. The van der Waals surface area contributed by atoms with Crippen molar-refractivity contribution < 1.29 is 22.7 Å². The van der Waals surface area contributed by atoms with E-state index in [1.54, 1.807) is 0 Å². The van der Waals surface area contributed by atoms with Crippen LogP contribution in [-0.2, 0) is 4.79 Å². The number of hydrogen-bond acceptors (Lipinski definition) is 4. The van der Waals surface area contributed by atoms with Gasteiger partial charge in [0.05, 0.1) is 0 Å². The second-order valence-electron chi connectivity index (χ2n) is 6.10. The molecule has 0 saturated heterocycles. The molecule has 1 N–H and O–H groups in total. The van der Waals surface area contributed by atoms with Gasteiger partial charge in [0, 0.05) is 17.8 Å². The maximum absolute atomic E-state index is 12.1. The van der Waals surface area contributed by atoms with Gasteiger partial charge < -0.3 is 10.1 Å². The van der Waals surface area contributed by atoms with E-state index in [0.29, 0.717) is 24.2 Å². The minimum atomic E-state index is -4.74. The Morgan fingerprint density at radius 3 is 2.35 bits per heavy atom. The van der Waals surface area contributed by atoms with E-state index in [1.165, 1.54) is 12.1 Å². The number of nitriles is 1. The van der Waals surface area contributed by atoms with Gasteiger partial charge in [-0.1, -0.05) is 13.8 Å². The van der Waals surface area contributed by atoms with Gasteiger partial charge in [0.15, 0.2) is 5.78 Å². The Morgan fingerprint density at radius 1 is 1.22 bits per heavy atom. The highest BCUT2D eigenvalue weighted by molar-refractivity contribution is 6.01. The highest BCUT2D eigenvalue weighted by Crippen LogP contribution is 2.37. The number of carbonyl (C=O) groups is 1. The van der Waals surface area contributed by atoms with E-state index in [2.05, 4.69) is 10.1 Å². The lowest BCUT2D eigenvalue weighted by molar-refractivity contribution is -0.274. The van der Waals surface area contributed by atoms with E-state index >= 15 is 0 Å². The molecule has 1 aliphatic rings. The number of alkyl halides is 3. The number of rotatable bonds is 3. The first-order valence-corrected chi connectivity index (χ1v) is 6.89. The summed E-state index contributed by atoms with van der Waals surface area (Å²) in [5, 5.41) is 12.1. The molecule has 0 aliphatic heterocycles. The maximum Gasteiger partial charge on any atom is 0.573 e. The Labute approximate surface area is 131 Å². The number of ether oxygens (including phenoxy) is 1. The molecule has 0 saturated carbocycles. The molecule has 4 nitrogen and oxygen atoms in total. The molecule has 0 bridgehead atoms. The number of anilines is 1. The topological polar surface area (TPSA) is 62.1 Å². The van der Waals surface area contributed by atoms with Crippen molar-refractivity contribution in [2.45, 2.75) is 33.1 Å². The summed E-state index contributed by atoms with van der Waals surface area (Å²) < 4.78 is 40.2. The zero-order chi connectivity index (χ0) is 17.3. The van der Waals surface area contributed by atoms with Gasteiger partial charge in [0.25, 0.3) is 0 Å². The second-order valence-corrected chi connectivity index (χ2v) is 6.10. The number of carbonyl (C=O) groups excluding carboxylic acids is 1. The average molecular weight is 324 g/mol. The molecule has 0 fully saturated rings. The van der Waals surface area contributed by atoms with Gasteiger partial charge in [-0.05, 0) is 36.1 Å². The Morgan fingerprint density at radius 2 is 1.83 bits per heavy atom.